The van der Waals surface area contributed by atoms with Gasteiger partial charge in [-0.2, -0.15) is 5.26 Å². The predicted octanol–water partition coefficient (Wildman–Crippen LogP) is 1.68. The van der Waals surface area contributed by atoms with E-state index in [9.17, 15) is 5.26 Å². The summed E-state index contributed by atoms with van der Waals surface area (Å²) in [5, 5.41) is 12.5. The smallest absolute Gasteiger partial charge is 0.108 e. The number of rotatable bonds is 6. The van der Waals surface area contributed by atoms with Crippen molar-refractivity contribution in [3.63, 3.8) is 0 Å². The second-order valence-electron chi connectivity index (χ2n) is 6.75. The Hall–Kier alpha value is -0.630. The van der Waals surface area contributed by atoms with Crippen LogP contribution in [0.15, 0.2) is 0 Å². The Morgan fingerprint density at radius 2 is 1.75 bits per heavy atom. The molecular formula is C16H30N4. The molecule has 0 amide bonds. The lowest BCUT2D eigenvalue weighted by molar-refractivity contribution is 0.148. The second kappa shape index (κ2) is 7.97. The summed E-state index contributed by atoms with van der Waals surface area (Å²) in [5.41, 5.74) is 0. The van der Waals surface area contributed by atoms with Crippen LogP contribution < -0.4 is 5.32 Å². The third-order valence-corrected chi connectivity index (χ3v) is 4.55. The fourth-order valence-corrected chi connectivity index (χ4v) is 3.47. The Morgan fingerprint density at radius 1 is 1.10 bits per heavy atom. The van der Waals surface area contributed by atoms with Gasteiger partial charge in [0.1, 0.15) is 6.04 Å². The van der Waals surface area contributed by atoms with E-state index in [1.807, 2.05) is 0 Å². The summed E-state index contributed by atoms with van der Waals surface area (Å²) in [5.74, 6) is 0.878. The molecule has 0 radical (unpaired) electrons. The number of nitriles is 1. The van der Waals surface area contributed by atoms with Crippen LogP contribution in [-0.2, 0) is 0 Å². The van der Waals surface area contributed by atoms with E-state index in [4.69, 9.17) is 0 Å². The average molecular weight is 278 g/mol. The number of likely N-dealkylation sites (tertiary alicyclic amines) is 2. The molecule has 114 valence electrons. The number of nitrogens with zero attached hydrogens (tertiary/aromatic N) is 3. The fourth-order valence-electron chi connectivity index (χ4n) is 3.47. The van der Waals surface area contributed by atoms with Crippen LogP contribution in [0.5, 0.6) is 0 Å². The van der Waals surface area contributed by atoms with Gasteiger partial charge in [0, 0.05) is 19.1 Å². The van der Waals surface area contributed by atoms with Crippen LogP contribution in [0.1, 0.15) is 39.5 Å². The molecule has 0 aromatic carbocycles. The van der Waals surface area contributed by atoms with E-state index in [-0.39, 0.29) is 6.04 Å². The van der Waals surface area contributed by atoms with Gasteiger partial charge in [-0.15, -0.1) is 0 Å². The van der Waals surface area contributed by atoms with Crippen molar-refractivity contribution < 1.29 is 0 Å². The SMILES string of the molecule is CC(C)NC(C#N)CN1CCC(CN2CCCC2)CC1. The van der Waals surface area contributed by atoms with Gasteiger partial charge >= 0.3 is 0 Å². The molecule has 0 spiro atoms. The average Bonchev–Trinajstić information content (AvgIpc) is 2.92. The summed E-state index contributed by atoms with van der Waals surface area (Å²) >= 11 is 0. The van der Waals surface area contributed by atoms with Crippen molar-refractivity contribution in [1.29, 1.82) is 5.26 Å². The Kier molecular flexibility index (Phi) is 6.28. The van der Waals surface area contributed by atoms with Crippen LogP contribution in [0, 0.1) is 17.2 Å². The number of hydrogen-bond acceptors (Lipinski definition) is 4. The van der Waals surface area contributed by atoms with Gasteiger partial charge in [0.05, 0.1) is 6.07 Å². The monoisotopic (exact) mass is 278 g/mol. The van der Waals surface area contributed by atoms with Crippen molar-refractivity contribution in [2.24, 2.45) is 5.92 Å². The van der Waals surface area contributed by atoms with Crippen molar-refractivity contribution in [3.05, 3.63) is 0 Å². The molecule has 0 saturated carbocycles. The molecule has 2 aliphatic rings. The quantitative estimate of drug-likeness (QED) is 0.803. The van der Waals surface area contributed by atoms with Crippen molar-refractivity contribution in [1.82, 2.24) is 15.1 Å². The van der Waals surface area contributed by atoms with Gasteiger partial charge in [-0.1, -0.05) is 0 Å². The first kappa shape index (κ1) is 15.8. The highest BCUT2D eigenvalue weighted by molar-refractivity contribution is 4.93. The van der Waals surface area contributed by atoms with Crippen LogP contribution in [-0.4, -0.2) is 61.2 Å². The number of piperidine rings is 1. The topological polar surface area (TPSA) is 42.3 Å². The fraction of sp³-hybridized carbons (Fsp3) is 0.938. The van der Waals surface area contributed by atoms with Gasteiger partial charge in [-0.3, -0.25) is 5.32 Å². The molecule has 2 saturated heterocycles. The molecule has 2 aliphatic heterocycles. The predicted molar refractivity (Wildman–Crippen MR) is 82.5 cm³/mol. The highest BCUT2D eigenvalue weighted by atomic mass is 15.2. The van der Waals surface area contributed by atoms with E-state index in [1.54, 1.807) is 0 Å². The molecule has 0 aromatic rings. The van der Waals surface area contributed by atoms with Gasteiger partial charge < -0.3 is 9.80 Å². The third-order valence-electron chi connectivity index (χ3n) is 4.55. The zero-order valence-corrected chi connectivity index (χ0v) is 13.1. The molecule has 0 bridgehead atoms. The van der Waals surface area contributed by atoms with Gasteiger partial charge in [0.2, 0.25) is 0 Å². The van der Waals surface area contributed by atoms with E-state index in [0.717, 1.165) is 25.6 Å². The van der Waals surface area contributed by atoms with Gasteiger partial charge in [0.25, 0.3) is 0 Å². The Bertz CT molecular complexity index is 309. The summed E-state index contributed by atoms with van der Waals surface area (Å²) in [6.07, 6.45) is 5.39. The van der Waals surface area contributed by atoms with Crippen LogP contribution >= 0.6 is 0 Å². The largest absolute Gasteiger partial charge is 0.303 e. The van der Waals surface area contributed by atoms with Gasteiger partial charge in [-0.05, 0) is 71.6 Å². The van der Waals surface area contributed by atoms with Crippen molar-refractivity contribution in [3.8, 4) is 6.07 Å². The lowest BCUT2D eigenvalue weighted by Crippen LogP contribution is -2.46. The second-order valence-corrected chi connectivity index (χ2v) is 6.75. The minimum Gasteiger partial charge on any atom is -0.303 e. The molecule has 2 heterocycles. The van der Waals surface area contributed by atoms with Gasteiger partial charge in [0.15, 0.2) is 0 Å². The maximum Gasteiger partial charge on any atom is 0.108 e. The first-order chi connectivity index (χ1) is 9.67. The summed E-state index contributed by atoms with van der Waals surface area (Å²) in [7, 11) is 0. The van der Waals surface area contributed by atoms with Crippen LogP contribution in [0.3, 0.4) is 0 Å². The normalized spacial score (nSPS) is 24.1. The standard InChI is InChI=1S/C16H30N4/c1-14(2)18-16(11-17)13-20-9-5-15(6-10-20)12-19-7-3-4-8-19/h14-16,18H,3-10,12-13H2,1-2H3. The maximum absolute atomic E-state index is 9.20. The summed E-state index contributed by atoms with van der Waals surface area (Å²) in [6.45, 7) is 11.3. The Balaban J connectivity index is 1.66. The minimum absolute atomic E-state index is 0.0230. The first-order valence-electron chi connectivity index (χ1n) is 8.27. The van der Waals surface area contributed by atoms with E-state index < -0.39 is 0 Å². The lowest BCUT2D eigenvalue weighted by atomic mass is 9.96. The molecular weight excluding hydrogens is 248 g/mol. The van der Waals surface area contributed by atoms with E-state index in [1.165, 1.54) is 45.3 Å². The maximum atomic E-state index is 9.20. The van der Waals surface area contributed by atoms with Crippen molar-refractivity contribution in [2.45, 2.75) is 51.6 Å². The number of hydrogen-bond donors (Lipinski definition) is 1. The first-order valence-corrected chi connectivity index (χ1v) is 8.27. The molecule has 2 rings (SSSR count). The molecule has 4 nitrogen and oxygen atoms in total. The van der Waals surface area contributed by atoms with Gasteiger partial charge in [-0.25, -0.2) is 0 Å². The lowest BCUT2D eigenvalue weighted by Gasteiger charge is -2.35. The third kappa shape index (κ3) is 5.05. The molecule has 0 aliphatic carbocycles. The highest BCUT2D eigenvalue weighted by Gasteiger charge is 2.24. The van der Waals surface area contributed by atoms with Crippen LogP contribution in [0.4, 0.5) is 0 Å². The van der Waals surface area contributed by atoms with E-state index in [0.29, 0.717) is 6.04 Å². The molecule has 2 fully saturated rings. The van der Waals surface area contributed by atoms with Crippen LogP contribution in [0.25, 0.3) is 0 Å². The van der Waals surface area contributed by atoms with Crippen molar-refractivity contribution in [2.75, 3.05) is 39.3 Å². The zero-order chi connectivity index (χ0) is 14.4. The Labute approximate surface area is 124 Å². The molecule has 1 N–H and O–H groups in total. The number of nitrogens with one attached hydrogen (secondary N) is 1. The Morgan fingerprint density at radius 3 is 2.30 bits per heavy atom. The zero-order valence-electron chi connectivity index (χ0n) is 13.1. The highest BCUT2D eigenvalue weighted by Crippen LogP contribution is 2.20. The molecule has 4 heteroatoms. The van der Waals surface area contributed by atoms with Crippen LogP contribution in [0.2, 0.25) is 0 Å². The van der Waals surface area contributed by atoms with Crippen molar-refractivity contribution >= 4 is 0 Å². The molecule has 20 heavy (non-hydrogen) atoms. The van der Waals surface area contributed by atoms with E-state index in [2.05, 4.69) is 35.0 Å². The minimum atomic E-state index is -0.0230. The summed E-state index contributed by atoms with van der Waals surface area (Å²) < 4.78 is 0. The summed E-state index contributed by atoms with van der Waals surface area (Å²) in [6, 6.07) is 2.75. The molecule has 1 unspecified atom stereocenters. The van der Waals surface area contributed by atoms with E-state index >= 15 is 0 Å². The summed E-state index contributed by atoms with van der Waals surface area (Å²) in [4.78, 5) is 5.10. The molecule has 0 aromatic heterocycles. The molecule has 1 atom stereocenters.